The Morgan fingerprint density at radius 2 is 2.10 bits per heavy atom. The molecule has 110 valence electrons. The quantitative estimate of drug-likeness (QED) is 0.371. The van der Waals surface area contributed by atoms with Crippen molar-refractivity contribution in [2.24, 2.45) is 0 Å². The summed E-state index contributed by atoms with van der Waals surface area (Å²) in [7, 11) is 0. The summed E-state index contributed by atoms with van der Waals surface area (Å²) in [5, 5.41) is 3.12. The number of nitrogen functional groups attached to an aromatic ring is 2. The van der Waals surface area contributed by atoms with Gasteiger partial charge in [0.1, 0.15) is 5.82 Å². The van der Waals surface area contributed by atoms with Crippen LogP contribution >= 0.6 is 11.8 Å². The Kier molecular flexibility index (Phi) is 4.83. The minimum Gasteiger partial charge on any atom is -0.397 e. The van der Waals surface area contributed by atoms with Crippen molar-refractivity contribution in [3.05, 3.63) is 40.7 Å². The van der Waals surface area contributed by atoms with Gasteiger partial charge in [-0.2, -0.15) is 0 Å². The van der Waals surface area contributed by atoms with E-state index < -0.39 is 0 Å². The van der Waals surface area contributed by atoms with Crippen molar-refractivity contribution in [1.29, 1.82) is 0 Å². The summed E-state index contributed by atoms with van der Waals surface area (Å²) in [6.07, 6.45) is 0.261. The van der Waals surface area contributed by atoms with Crippen LogP contribution in [-0.2, 0) is 4.79 Å². The number of H-pyrrole nitrogens is 1. The van der Waals surface area contributed by atoms with Crippen LogP contribution in [0.2, 0.25) is 0 Å². The average Bonchev–Trinajstić information content (AvgIpc) is 2.40. The van der Waals surface area contributed by atoms with Gasteiger partial charge in [-0.3, -0.25) is 9.59 Å². The summed E-state index contributed by atoms with van der Waals surface area (Å²) >= 11 is 1.25. The molecule has 1 heterocycles. The first-order chi connectivity index (χ1) is 10.0. The van der Waals surface area contributed by atoms with Gasteiger partial charge in [0.25, 0.3) is 5.56 Å². The molecule has 6 N–H and O–H groups in total. The topological polar surface area (TPSA) is 127 Å². The summed E-state index contributed by atoms with van der Waals surface area (Å²) < 4.78 is 0. The highest BCUT2D eigenvalue weighted by Gasteiger charge is 2.06. The van der Waals surface area contributed by atoms with Gasteiger partial charge in [0, 0.05) is 18.2 Å². The minimum atomic E-state index is -0.313. The Labute approximate surface area is 125 Å². The van der Waals surface area contributed by atoms with Crippen molar-refractivity contribution in [3.8, 4) is 0 Å². The molecule has 0 aliphatic rings. The molecular formula is C13H15N5O2S. The molecule has 0 bridgehead atoms. The van der Waals surface area contributed by atoms with Gasteiger partial charge in [0.2, 0.25) is 5.91 Å². The van der Waals surface area contributed by atoms with Crippen molar-refractivity contribution in [3.63, 3.8) is 0 Å². The lowest BCUT2D eigenvalue weighted by Crippen LogP contribution is -2.14. The molecule has 0 atom stereocenters. The first-order valence-corrected chi connectivity index (χ1v) is 7.17. The molecule has 2 rings (SSSR count). The van der Waals surface area contributed by atoms with Crippen molar-refractivity contribution < 1.29 is 4.79 Å². The SMILES string of the molecule is Nc1cc(=O)[nH]c(SCCC(=O)Nc2ccccc2N)n1. The van der Waals surface area contributed by atoms with Crippen LogP contribution in [0.25, 0.3) is 0 Å². The van der Waals surface area contributed by atoms with Gasteiger partial charge < -0.3 is 21.8 Å². The molecule has 8 heteroatoms. The molecular weight excluding hydrogens is 290 g/mol. The van der Waals surface area contributed by atoms with E-state index in [0.717, 1.165) is 0 Å². The number of thioether (sulfide) groups is 1. The van der Waals surface area contributed by atoms with Crippen LogP contribution in [0.5, 0.6) is 0 Å². The first kappa shape index (κ1) is 14.9. The van der Waals surface area contributed by atoms with Gasteiger partial charge in [-0.25, -0.2) is 4.98 Å². The Morgan fingerprint density at radius 1 is 1.33 bits per heavy atom. The van der Waals surface area contributed by atoms with Crippen LogP contribution in [-0.4, -0.2) is 21.6 Å². The lowest BCUT2D eigenvalue weighted by Gasteiger charge is -2.07. The van der Waals surface area contributed by atoms with E-state index in [1.807, 2.05) is 0 Å². The van der Waals surface area contributed by atoms with Crippen LogP contribution in [0.4, 0.5) is 17.2 Å². The second-order valence-electron chi connectivity index (χ2n) is 4.21. The van der Waals surface area contributed by atoms with E-state index in [0.29, 0.717) is 22.3 Å². The number of benzene rings is 1. The van der Waals surface area contributed by atoms with Crippen LogP contribution in [0.3, 0.4) is 0 Å². The highest BCUT2D eigenvalue weighted by atomic mass is 32.2. The second kappa shape index (κ2) is 6.80. The smallest absolute Gasteiger partial charge is 0.253 e. The maximum atomic E-state index is 11.8. The number of aromatic nitrogens is 2. The molecule has 0 aliphatic carbocycles. The number of nitrogens with zero attached hydrogens (tertiary/aromatic N) is 1. The standard InChI is InChI=1S/C13H15N5O2S/c14-8-3-1-2-4-9(8)16-11(19)5-6-21-13-17-10(15)7-12(20)18-13/h1-4,7H,5-6,14H2,(H,16,19)(H3,15,17,18,20). The summed E-state index contributed by atoms with van der Waals surface area (Å²) in [6, 6.07) is 8.24. The summed E-state index contributed by atoms with van der Waals surface area (Å²) in [6.45, 7) is 0. The Bertz CT molecular complexity index is 701. The number of carbonyl (C=O) groups excluding carboxylic acids is 1. The highest BCUT2D eigenvalue weighted by molar-refractivity contribution is 7.99. The molecule has 1 aromatic carbocycles. The number of anilines is 3. The number of hydrogen-bond donors (Lipinski definition) is 4. The summed E-state index contributed by atoms with van der Waals surface area (Å²) in [5.74, 6) is 0.458. The van der Waals surface area contributed by atoms with E-state index in [-0.39, 0.29) is 23.7 Å². The van der Waals surface area contributed by atoms with Crippen molar-refractivity contribution in [2.45, 2.75) is 11.6 Å². The fraction of sp³-hybridized carbons (Fsp3) is 0.154. The lowest BCUT2D eigenvalue weighted by molar-refractivity contribution is -0.115. The van der Waals surface area contributed by atoms with Crippen molar-refractivity contribution in [2.75, 3.05) is 22.5 Å². The van der Waals surface area contributed by atoms with Crippen LogP contribution in [0, 0.1) is 0 Å². The Morgan fingerprint density at radius 3 is 2.81 bits per heavy atom. The van der Waals surface area contributed by atoms with Crippen molar-refractivity contribution >= 4 is 34.9 Å². The van der Waals surface area contributed by atoms with E-state index >= 15 is 0 Å². The number of nitrogens with one attached hydrogen (secondary N) is 2. The minimum absolute atomic E-state index is 0.155. The Hall–Kier alpha value is -2.48. The van der Waals surface area contributed by atoms with Gasteiger partial charge in [-0.15, -0.1) is 0 Å². The predicted molar refractivity (Wildman–Crippen MR) is 84.1 cm³/mol. The molecule has 0 saturated carbocycles. The number of para-hydroxylation sites is 2. The molecule has 0 unspecified atom stereocenters. The number of nitrogens with two attached hydrogens (primary N) is 2. The third-order valence-corrected chi connectivity index (χ3v) is 3.42. The fourth-order valence-electron chi connectivity index (χ4n) is 1.59. The van der Waals surface area contributed by atoms with E-state index in [4.69, 9.17) is 11.5 Å². The molecule has 2 aromatic rings. The van der Waals surface area contributed by atoms with E-state index in [9.17, 15) is 9.59 Å². The number of amides is 1. The largest absolute Gasteiger partial charge is 0.397 e. The molecule has 1 aromatic heterocycles. The van der Waals surface area contributed by atoms with E-state index in [1.54, 1.807) is 24.3 Å². The van der Waals surface area contributed by atoms with Crippen LogP contribution in [0.1, 0.15) is 6.42 Å². The molecule has 0 spiro atoms. The zero-order valence-corrected chi connectivity index (χ0v) is 11.9. The third kappa shape index (κ3) is 4.53. The van der Waals surface area contributed by atoms with Gasteiger partial charge in [-0.05, 0) is 12.1 Å². The highest BCUT2D eigenvalue weighted by Crippen LogP contribution is 2.18. The molecule has 0 aliphatic heterocycles. The van der Waals surface area contributed by atoms with Gasteiger partial charge in [0.15, 0.2) is 5.16 Å². The lowest BCUT2D eigenvalue weighted by atomic mass is 10.2. The second-order valence-corrected chi connectivity index (χ2v) is 5.29. The maximum Gasteiger partial charge on any atom is 0.253 e. The zero-order valence-electron chi connectivity index (χ0n) is 11.1. The number of aromatic amines is 1. The third-order valence-electron chi connectivity index (χ3n) is 2.54. The zero-order chi connectivity index (χ0) is 15.2. The molecule has 1 amide bonds. The van der Waals surface area contributed by atoms with Gasteiger partial charge in [-0.1, -0.05) is 23.9 Å². The molecule has 0 fully saturated rings. The molecule has 0 radical (unpaired) electrons. The summed E-state index contributed by atoms with van der Waals surface area (Å²) in [5.41, 5.74) is 12.0. The first-order valence-electron chi connectivity index (χ1n) is 6.18. The normalized spacial score (nSPS) is 10.3. The molecule has 21 heavy (non-hydrogen) atoms. The fourth-order valence-corrected chi connectivity index (χ4v) is 2.41. The molecule has 7 nitrogen and oxygen atoms in total. The number of hydrogen-bond acceptors (Lipinski definition) is 6. The van der Waals surface area contributed by atoms with Crippen molar-refractivity contribution in [1.82, 2.24) is 9.97 Å². The number of rotatable bonds is 5. The van der Waals surface area contributed by atoms with Gasteiger partial charge >= 0.3 is 0 Å². The monoisotopic (exact) mass is 305 g/mol. The predicted octanol–water partition coefficient (Wildman–Crippen LogP) is 1.06. The van der Waals surface area contributed by atoms with Crippen LogP contribution < -0.4 is 22.3 Å². The average molecular weight is 305 g/mol. The summed E-state index contributed by atoms with van der Waals surface area (Å²) in [4.78, 5) is 29.5. The van der Waals surface area contributed by atoms with E-state index in [1.165, 1.54) is 17.8 Å². The van der Waals surface area contributed by atoms with E-state index in [2.05, 4.69) is 15.3 Å². The Balaban J connectivity index is 1.84. The van der Waals surface area contributed by atoms with Gasteiger partial charge in [0.05, 0.1) is 11.4 Å². The molecule has 0 saturated heterocycles. The van der Waals surface area contributed by atoms with Crippen LogP contribution in [0.15, 0.2) is 40.3 Å². The number of carbonyl (C=O) groups is 1. The maximum absolute atomic E-state index is 11.8.